The SMILES string of the molecule is Cc1ccc(-n2nc(C(=O)NC[C@H]3CCCO3)c(=O)n(Cc3cccc(F)c3)c2=O)cc1. The number of aryl methyl sites for hydroxylation is 1. The van der Waals surface area contributed by atoms with Crippen LogP contribution in [-0.2, 0) is 11.3 Å². The van der Waals surface area contributed by atoms with Gasteiger partial charge in [0.25, 0.3) is 11.5 Å². The summed E-state index contributed by atoms with van der Waals surface area (Å²) in [5.41, 5.74) is -0.187. The van der Waals surface area contributed by atoms with E-state index < -0.39 is 28.7 Å². The van der Waals surface area contributed by atoms with Crippen LogP contribution in [0.25, 0.3) is 5.69 Å². The zero-order valence-electron chi connectivity index (χ0n) is 17.6. The highest BCUT2D eigenvalue weighted by Crippen LogP contribution is 2.11. The molecule has 4 rings (SSSR count). The van der Waals surface area contributed by atoms with Gasteiger partial charge in [0.2, 0.25) is 5.69 Å². The number of nitrogens with zero attached hydrogens (tertiary/aromatic N) is 3. The molecule has 1 saturated heterocycles. The summed E-state index contributed by atoms with van der Waals surface area (Å²) in [7, 11) is 0. The maximum absolute atomic E-state index is 13.6. The Hall–Kier alpha value is -3.59. The predicted octanol–water partition coefficient (Wildman–Crippen LogP) is 1.80. The molecule has 1 fully saturated rings. The van der Waals surface area contributed by atoms with Gasteiger partial charge in [-0.25, -0.2) is 9.18 Å². The molecule has 0 aliphatic carbocycles. The summed E-state index contributed by atoms with van der Waals surface area (Å²) in [6.07, 6.45) is 1.62. The fraction of sp³-hybridized carbons (Fsp3) is 0.304. The molecule has 0 bridgehead atoms. The van der Waals surface area contributed by atoms with Crippen molar-refractivity contribution in [2.75, 3.05) is 13.2 Å². The lowest BCUT2D eigenvalue weighted by molar-refractivity contribution is 0.0849. The maximum Gasteiger partial charge on any atom is 0.352 e. The Labute approximate surface area is 183 Å². The average Bonchev–Trinajstić information content (AvgIpc) is 3.30. The lowest BCUT2D eigenvalue weighted by Crippen LogP contribution is -2.46. The molecule has 9 heteroatoms. The van der Waals surface area contributed by atoms with Crippen molar-refractivity contribution >= 4 is 5.91 Å². The van der Waals surface area contributed by atoms with Crippen molar-refractivity contribution in [3.8, 4) is 5.69 Å². The molecule has 1 aliphatic heterocycles. The van der Waals surface area contributed by atoms with Crippen LogP contribution in [0.1, 0.15) is 34.5 Å². The Bertz CT molecular complexity index is 1240. The lowest BCUT2D eigenvalue weighted by Gasteiger charge is -2.14. The zero-order valence-corrected chi connectivity index (χ0v) is 17.6. The summed E-state index contributed by atoms with van der Waals surface area (Å²) in [5, 5.41) is 6.75. The Balaban J connectivity index is 1.76. The van der Waals surface area contributed by atoms with Gasteiger partial charge in [-0.05, 0) is 49.6 Å². The standard InChI is InChI=1S/C23H23FN4O4/c1-15-7-9-18(10-8-15)28-23(31)27(14-16-4-2-5-17(24)12-16)22(30)20(26-28)21(29)25-13-19-6-3-11-32-19/h2,4-5,7-10,12,19H,3,6,11,13-14H2,1H3,(H,25,29)/t19-/m1/s1. The Morgan fingerprint density at radius 1 is 1.22 bits per heavy atom. The average molecular weight is 438 g/mol. The Morgan fingerprint density at radius 3 is 2.69 bits per heavy atom. The van der Waals surface area contributed by atoms with Crippen molar-refractivity contribution in [2.24, 2.45) is 0 Å². The second-order valence-corrected chi connectivity index (χ2v) is 7.74. The molecule has 2 heterocycles. The minimum atomic E-state index is -0.840. The van der Waals surface area contributed by atoms with Crippen LogP contribution in [0, 0.1) is 12.7 Å². The molecule has 1 aliphatic rings. The Kier molecular flexibility index (Phi) is 6.27. The van der Waals surface area contributed by atoms with Gasteiger partial charge in [-0.1, -0.05) is 29.8 Å². The van der Waals surface area contributed by atoms with E-state index in [4.69, 9.17) is 4.74 Å². The molecule has 1 aromatic heterocycles. The van der Waals surface area contributed by atoms with E-state index in [9.17, 15) is 18.8 Å². The number of amides is 1. The van der Waals surface area contributed by atoms with E-state index in [2.05, 4.69) is 10.4 Å². The second-order valence-electron chi connectivity index (χ2n) is 7.74. The number of aromatic nitrogens is 3. The molecule has 1 amide bonds. The van der Waals surface area contributed by atoms with Crippen LogP contribution in [0.3, 0.4) is 0 Å². The van der Waals surface area contributed by atoms with E-state index in [1.807, 2.05) is 6.92 Å². The monoisotopic (exact) mass is 438 g/mol. The van der Waals surface area contributed by atoms with Crippen molar-refractivity contribution in [3.05, 3.63) is 92.0 Å². The van der Waals surface area contributed by atoms with Gasteiger partial charge < -0.3 is 10.1 Å². The molecule has 1 atom stereocenters. The summed E-state index contributed by atoms with van der Waals surface area (Å²) in [6.45, 7) is 2.58. The van der Waals surface area contributed by atoms with Crippen LogP contribution < -0.4 is 16.6 Å². The van der Waals surface area contributed by atoms with Crippen LogP contribution in [0.2, 0.25) is 0 Å². The van der Waals surface area contributed by atoms with Gasteiger partial charge in [0.05, 0.1) is 18.3 Å². The van der Waals surface area contributed by atoms with E-state index >= 15 is 0 Å². The molecular weight excluding hydrogens is 415 g/mol. The molecule has 3 aromatic rings. The topological polar surface area (TPSA) is 95.2 Å². The molecule has 32 heavy (non-hydrogen) atoms. The van der Waals surface area contributed by atoms with Crippen LogP contribution in [-0.4, -0.2) is 39.5 Å². The summed E-state index contributed by atoms with van der Waals surface area (Å²) in [6, 6.07) is 12.5. The number of halogens is 1. The highest BCUT2D eigenvalue weighted by atomic mass is 19.1. The predicted molar refractivity (Wildman–Crippen MR) is 116 cm³/mol. The number of hydrogen-bond acceptors (Lipinski definition) is 5. The first-order valence-corrected chi connectivity index (χ1v) is 10.4. The molecule has 0 spiro atoms. The smallest absolute Gasteiger partial charge is 0.352 e. The zero-order chi connectivity index (χ0) is 22.7. The molecule has 0 unspecified atom stereocenters. The minimum Gasteiger partial charge on any atom is -0.376 e. The first-order chi connectivity index (χ1) is 15.4. The van der Waals surface area contributed by atoms with E-state index in [1.165, 1.54) is 18.2 Å². The van der Waals surface area contributed by atoms with Gasteiger partial charge in [0.15, 0.2) is 0 Å². The van der Waals surface area contributed by atoms with Crippen LogP contribution in [0.15, 0.2) is 58.1 Å². The van der Waals surface area contributed by atoms with Crippen LogP contribution in [0.5, 0.6) is 0 Å². The summed E-state index contributed by atoms with van der Waals surface area (Å²) in [4.78, 5) is 39.0. The van der Waals surface area contributed by atoms with Gasteiger partial charge in [0, 0.05) is 13.2 Å². The highest BCUT2D eigenvalue weighted by molar-refractivity contribution is 5.91. The van der Waals surface area contributed by atoms with Crippen molar-refractivity contribution in [3.63, 3.8) is 0 Å². The van der Waals surface area contributed by atoms with Crippen molar-refractivity contribution in [1.82, 2.24) is 19.7 Å². The third-order valence-corrected chi connectivity index (χ3v) is 5.30. The molecule has 0 saturated carbocycles. The Morgan fingerprint density at radius 2 is 2.00 bits per heavy atom. The van der Waals surface area contributed by atoms with E-state index in [1.54, 1.807) is 30.3 Å². The number of rotatable bonds is 6. The summed E-state index contributed by atoms with van der Waals surface area (Å²) >= 11 is 0. The number of nitrogens with one attached hydrogen (secondary N) is 1. The first-order valence-electron chi connectivity index (χ1n) is 10.4. The van der Waals surface area contributed by atoms with E-state index in [-0.39, 0.29) is 19.2 Å². The third kappa shape index (κ3) is 4.67. The quantitative estimate of drug-likeness (QED) is 0.633. The normalized spacial score (nSPS) is 15.6. The van der Waals surface area contributed by atoms with E-state index in [0.29, 0.717) is 17.9 Å². The number of carbonyl (C=O) groups is 1. The fourth-order valence-corrected chi connectivity index (χ4v) is 3.56. The van der Waals surface area contributed by atoms with Crippen LogP contribution in [0.4, 0.5) is 4.39 Å². The van der Waals surface area contributed by atoms with Gasteiger partial charge in [0.1, 0.15) is 5.82 Å². The van der Waals surface area contributed by atoms with Gasteiger partial charge >= 0.3 is 5.69 Å². The van der Waals surface area contributed by atoms with Crippen molar-refractivity contribution < 1.29 is 13.9 Å². The maximum atomic E-state index is 13.6. The largest absolute Gasteiger partial charge is 0.376 e. The second kappa shape index (κ2) is 9.27. The summed E-state index contributed by atoms with van der Waals surface area (Å²) in [5.74, 6) is -1.18. The third-order valence-electron chi connectivity index (χ3n) is 5.30. The van der Waals surface area contributed by atoms with Gasteiger partial charge in [-0.15, -0.1) is 0 Å². The van der Waals surface area contributed by atoms with Crippen molar-refractivity contribution in [1.29, 1.82) is 0 Å². The van der Waals surface area contributed by atoms with E-state index in [0.717, 1.165) is 27.7 Å². The molecule has 166 valence electrons. The molecule has 0 radical (unpaired) electrons. The number of ether oxygens (including phenoxy) is 1. The first kappa shape index (κ1) is 21.6. The number of carbonyl (C=O) groups excluding carboxylic acids is 1. The van der Waals surface area contributed by atoms with Gasteiger partial charge in [-0.2, -0.15) is 9.78 Å². The van der Waals surface area contributed by atoms with Crippen molar-refractivity contribution in [2.45, 2.75) is 32.4 Å². The van der Waals surface area contributed by atoms with Gasteiger partial charge in [-0.3, -0.25) is 14.2 Å². The minimum absolute atomic E-state index is 0.114. The number of benzene rings is 2. The van der Waals surface area contributed by atoms with Crippen LogP contribution >= 0.6 is 0 Å². The molecular formula is C23H23FN4O4. The molecule has 2 aromatic carbocycles. The number of hydrogen-bond donors (Lipinski definition) is 1. The summed E-state index contributed by atoms with van der Waals surface area (Å²) < 4.78 is 21.1. The lowest BCUT2D eigenvalue weighted by atomic mass is 10.2. The highest BCUT2D eigenvalue weighted by Gasteiger charge is 2.22. The molecule has 1 N–H and O–H groups in total. The molecule has 8 nitrogen and oxygen atoms in total. The fourth-order valence-electron chi connectivity index (χ4n) is 3.56.